The molecule has 0 unspecified atom stereocenters. The third-order valence-corrected chi connectivity index (χ3v) is 3.85. The van der Waals surface area contributed by atoms with Crippen molar-refractivity contribution in [1.29, 1.82) is 0 Å². The Morgan fingerprint density at radius 2 is 2.14 bits per heavy atom. The van der Waals surface area contributed by atoms with Gasteiger partial charge in [0.25, 0.3) is 5.56 Å². The molecule has 3 rings (SSSR count). The summed E-state index contributed by atoms with van der Waals surface area (Å²) in [4.78, 5) is 20.2. The van der Waals surface area contributed by atoms with Gasteiger partial charge in [0, 0.05) is 18.3 Å². The minimum absolute atomic E-state index is 0.0783. The fourth-order valence-electron chi connectivity index (χ4n) is 2.19. The highest BCUT2D eigenvalue weighted by Crippen LogP contribution is 2.29. The number of benzene rings is 1. The molecule has 3 aromatic rings. The zero-order chi connectivity index (χ0) is 14.8. The van der Waals surface area contributed by atoms with Crippen LogP contribution in [0.3, 0.4) is 0 Å². The van der Waals surface area contributed by atoms with Gasteiger partial charge in [0.15, 0.2) is 0 Å². The summed E-state index contributed by atoms with van der Waals surface area (Å²) < 4.78 is 7.84. The van der Waals surface area contributed by atoms with Crippen LogP contribution >= 0.6 is 15.9 Å². The van der Waals surface area contributed by atoms with Crippen molar-refractivity contribution in [3.05, 3.63) is 63.4 Å². The average molecular weight is 346 g/mol. The van der Waals surface area contributed by atoms with Crippen LogP contribution in [-0.4, -0.2) is 21.6 Å². The second-order valence-electron chi connectivity index (χ2n) is 4.50. The Morgan fingerprint density at radius 1 is 1.29 bits per heavy atom. The second kappa shape index (κ2) is 5.65. The topological polar surface area (TPSA) is 57.0 Å². The summed E-state index contributed by atoms with van der Waals surface area (Å²) in [6.45, 7) is 0.392. The molecule has 0 aliphatic carbocycles. The van der Waals surface area contributed by atoms with Gasteiger partial charge in [-0.1, -0.05) is 0 Å². The van der Waals surface area contributed by atoms with E-state index in [2.05, 4.69) is 25.9 Å². The minimum atomic E-state index is -0.0783. The van der Waals surface area contributed by atoms with Gasteiger partial charge in [0.05, 0.1) is 29.3 Å². The normalized spacial score (nSPS) is 10.8. The van der Waals surface area contributed by atoms with Crippen LogP contribution in [0.2, 0.25) is 0 Å². The van der Waals surface area contributed by atoms with E-state index in [0.717, 1.165) is 21.1 Å². The van der Waals surface area contributed by atoms with Gasteiger partial charge in [0.2, 0.25) is 0 Å². The number of fused-ring (bicyclic) bond motifs is 1. The van der Waals surface area contributed by atoms with Gasteiger partial charge in [-0.15, -0.1) is 0 Å². The van der Waals surface area contributed by atoms with E-state index < -0.39 is 0 Å². The van der Waals surface area contributed by atoms with Crippen LogP contribution in [0.15, 0.2) is 52.1 Å². The molecule has 1 aromatic carbocycles. The highest BCUT2D eigenvalue weighted by atomic mass is 79.9. The van der Waals surface area contributed by atoms with E-state index in [9.17, 15) is 4.79 Å². The molecule has 2 aromatic heterocycles. The molecule has 0 aliphatic rings. The number of rotatable bonds is 3. The van der Waals surface area contributed by atoms with Crippen molar-refractivity contribution in [2.45, 2.75) is 6.54 Å². The molecule has 0 saturated heterocycles. The lowest BCUT2D eigenvalue weighted by Crippen LogP contribution is -2.20. The zero-order valence-electron chi connectivity index (χ0n) is 11.3. The van der Waals surface area contributed by atoms with Crippen LogP contribution in [0.5, 0.6) is 5.75 Å². The maximum Gasteiger partial charge on any atom is 0.251 e. The molecule has 21 heavy (non-hydrogen) atoms. The summed E-state index contributed by atoms with van der Waals surface area (Å²) in [5.41, 5.74) is 1.51. The van der Waals surface area contributed by atoms with E-state index in [1.54, 1.807) is 36.1 Å². The Balaban J connectivity index is 2.20. The highest BCUT2D eigenvalue weighted by Gasteiger charge is 2.09. The van der Waals surface area contributed by atoms with Gasteiger partial charge >= 0.3 is 0 Å². The number of pyridine rings is 1. The highest BCUT2D eigenvalue weighted by molar-refractivity contribution is 9.10. The molecule has 0 spiro atoms. The van der Waals surface area contributed by atoms with Crippen LogP contribution in [0.25, 0.3) is 10.9 Å². The number of ether oxygens (including phenoxy) is 1. The largest absolute Gasteiger partial charge is 0.495 e. The predicted octanol–water partition coefficient (Wildman–Crippen LogP) is 2.61. The van der Waals surface area contributed by atoms with Crippen molar-refractivity contribution in [2.24, 2.45) is 0 Å². The number of nitrogens with zero attached hydrogens (tertiary/aromatic N) is 3. The molecule has 2 heterocycles. The SMILES string of the molecule is COc1cc2c(ccc(=O)n2Cc2ccncn2)cc1Br. The van der Waals surface area contributed by atoms with E-state index in [4.69, 9.17) is 4.74 Å². The van der Waals surface area contributed by atoms with E-state index >= 15 is 0 Å². The van der Waals surface area contributed by atoms with E-state index in [1.165, 1.54) is 6.33 Å². The Bertz CT molecular complexity index is 847. The van der Waals surface area contributed by atoms with Gasteiger partial charge in [-0.05, 0) is 39.5 Å². The first-order valence-corrected chi connectivity index (χ1v) is 7.10. The van der Waals surface area contributed by atoms with Crippen molar-refractivity contribution in [2.75, 3.05) is 7.11 Å². The molecular formula is C15H12BrN3O2. The monoisotopic (exact) mass is 345 g/mol. The van der Waals surface area contributed by atoms with Crippen LogP contribution in [0.1, 0.15) is 5.69 Å². The van der Waals surface area contributed by atoms with E-state index in [-0.39, 0.29) is 5.56 Å². The quantitative estimate of drug-likeness (QED) is 0.732. The first-order valence-electron chi connectivity index (χ1n) is 6.31. The van der Waals surface area contributed by atoms with Crippen LogP contribution in [0, 0.1) is 0 Å². The summed E-state index contributed by atoms with van der Waals surface area (Å²) in [6.07, 6.45) is 3.14. The molecule has 0 fully saturated rings. The number of methoxy groups -OCH3 is 1. The lowest BCUT2D eigenvalue weighted by atomic mass is 10.2. The number of halogens is 1. The first kappa shape index (κ1) is 13.8. The van der Waals surface area contributed by atoms with Crippen LogP contribution in [-0.2, 0) is 6.54 Å². The summed E-state index contributed by atoms with van der Waals surface area (Å²) in [5, 5.41) is 0.955. The summed E-state index contributed by atoms with van der Waals surface area (Å²) in [6, 6.07) is 8.94. The van der Waals surface area contributed by atoms with Gasteiger partial charge in [-0.3, -0.25) is 4.79 Å². The number of hydrogen-bond donors (Lipinski definition) is 0. The Morgan fingerprint density at radius 3 is 2.86 bits per heavy atom. The average Bonchev–Trinajstić information content (AvgIpc) is 2.51. The van der Waals surface area contributed by atoms with Crippen molar-refractivity contribution in [3.8, 4) is 5.75 Å². The summed E-state index contributed by atoms with van der Waals surface area (Å²) in [7, 11) is 1.60. The second-order valence-corrected chi connectivity index (χ2v) is 5.36. The molecule has 106 valence electrons. The van der Waals surface area contributed by atoms with Gasteiger partial charge < -0.3 is 9.30 Å². The number of hydrogen-bond acceptors (Lipinski definition) is 4. The van der Waals surface area contributed by atoms with Crippen molar-refractivity contribution < 1.29 is 4.74 Å². The molecule has 0 bridgehead atoms. The third kappa shape index (κ3) is 2.67. The van der Waals surface area contributed by atoms with E-state index in [1.807, 2.05) is 12.1 Å². The maximum atomic E-state index is 12.2. The van der Waals surface area contributed by atoms with Gasteiger partial charge in [0.1, 0.15) is 12.1 Å². The van der Waals surface area contributed by atoms with E-state index in [0.29, 0.717) is 12.3 Å². The molecule has 0 aliphatic heterocycles. The van der Waals surface area contributed by atoms with Crippen LogP contribution in [0.4, 0.5) is 0 Å². The first-order chi connectivity index (χ1) is 10.2. The molecule has 5 nitrogen and oxygen atoms in total. The number of aromatic nitrogens is 3. The molecule has 6 heteroatoms. The van der Waals surface area contributed by atoms with Crippen molar-refractivity contribution in [1.82, 2.24) is 14.5 Å². The maximum absolute atomic E-state index is 12.2. The fourth-order valence-corrected chi connectivity index (χ4v) is 2.71. The molecule has 0 atom stereocenters. The summed E-state index contributed by atoms with van der Waals surface area (Å²) >= 11 is 3.45. The van der Waals surface area contributed by atoms with Crippen molar-refractivity contribution in [3.63, 3.8) is 0 Å². The predicted molar refractivity (Wildman–Crippen MR) is 83.6 cm³/mol. The molecule has 0 N–H and O–H groups in total. The fraction of sp³-hybridized carbons (Fsp3) is 0.133. The third-order valence-electron chi connectivity index (χ3n) is 3.23. The standard InChI is InChI=1S/C15H12BrN3O2/c1-21-14-7-13-10(6-12(14)16)2-3-15(20)19(13)8-11-4-5-17-9-18-11/h2-7,9H,8H2,1H3. The van der Waals surface area contributed by atoms with Gasteiger partial charge in [-0.2, -0.15) is 0 Å². The minimum Gasteiger partial charge on any atom is -0.495 e. The molecule has 0 saturated carbocycles. The smallest absolute Gasteiger partial charge is 0.251 e. The molecule has 0 amide bonds. The Hall–Kier alpha value is -2.21. The van der Waals surface area contributed by atoms with Crippen LogP contribution < -0.4 is 10.3 Å². The van der Waals surface area contributed by atoms with Crippen molar-refractivity contribution >= 4 is 26.8 Å². The Kier molecular flexibility index (Phi) is 3.70. The molecular weight excluding hydrogens is 334 g/mol. The lowest BCUT2D eigenvalue weighted by Gasteiger charge is -2.12. The zero-order valence-corrected chi connectivity index (χ0v) is 12.9. The molecule has 0 radical (unpaired) electrons. The lowest BCUT2D eigenvalue weighted by molar-refractivity contribution is 0.412. The Labute approximate surface area is 129 Å². The van der Waals surface area contributed by atoms with Gasteiger partial charge in [-0.25, -0.2) is 9.97 Å². The summed E-state index contributed by atoms with van der Waals surface area (Å²) in [5.74, 6) is 0.685.